The number of fused-ring (bicyclic) bond motifs is 1. The Bertz CT molecular complexity index is 1260. The highest BCUT2D eigenvalue weighted by Gasteiger charge is 2.32. The molecular formula is C25H30N6O4. The van der Waals surface area contributed by atoms with Crippen LogP contribution in [0.3, 0.4) is 0 Å². The average molecular weight is 479 g/mol. The van der Waals surface area contributed by atoms with Gasteiger partial charge in [0.25, 0.3) is 0 Å². The molecule has 1 atom stereocenters. The van der Waals surface area contributed by atoms with Crippen molar-refractivity contribution in [2.45, 2.75) is 38.6 Å². The summed E-state index contributed by atoms with van der Waals surface area (Å²) in [5.74, 6) is 1.01. The van der Waals surface area contributed by atoms with E-state index in [-0.39, 0.29) is 23.9 Å². The molecule has 10 heteroatoms. The van der Waals surface area contributed by atoms with Gasteiger partial charge in [-0.2, -0.15) is 5.10 Å². The van der Waals surface area contributed by atoms with Crippen molar-refractivity contribution < 1.29 is 19.1 Å². The Balaban J connectivity index is 1.88. The van der Waals surface area contributed by atoms with Crippen LogP contribution in [0, 0.1) is 0 Å². The lowest BCUT2D eigenvalue weighted by Gasteiger charge is -2.30. The van der Waals surface area contributed by atoms with Gasteiger partial charge in [0.1, 0.15) is 23.9 Å². The van der Waals surface area contributed by atoms with Crippen LogP contribution in [0.25, 0.3) is 22.3 Å². The second-order valence-corrected chi connectivity index (χ2v) is 8.39. The van der Waals surface area contributed by atoms with E-state index in [0.717, 1.165) is 19.3 Å². The second-order valence-electron chi connectivity index (χ2n) is 8.39. The molecule has 0 spiro atoms. The number of anilines is 1. The summed E-state index contributed by atoms with van der Waals surface area (Å²) >= 11 is 0. The fourth-order valence-corrected chi connectivity index (χ4v) is 4.45. The molecule has 1 fully saturated rings. The number of ether oxygens (including phenoxy) is 2. The lowest BCUT2D eigenvalue weighted by molar-refractivity contribution is -0.137. The van der Waals surface area contributed by atoms with Crippen LogP contribution >= 0.6 is 0 Å². The fraction of sp³-hybridized carbons (Fsp3) is 0.400. The Morgan fingerprint density at radius 1 is 1.11 bits per heavy atom. The van der Waals surface area contributed by atoms with E-state index < -0.39 is 6.04 Å². The average Bonchev–Trinajstić information content (AvgIpc) is 3.28. The minimum atomic E-state index is -0.859. The van der Waals surface area contributed by atoms with Crippen LogP contribution in [-0.2, 0) is 9.59 Å². The van der Waals surface area contributed by atoms with Gasteiger partial charge in [-0.1, -0.05) is 6.08 Å². The molecule has 2 N–H and O–H groups in total. The molecular weight excluding hydrogens is 448 g/mol. The largest absolute Gasteiger partial charge is 0.493 e. The van der Waals surface area contributed by atoms with E-state index in [4.69, 9.17) is 20.3 Å². The topological polar surface area (TPSA) is 125 Å². The molecule has 4 rings (SSSR count). The molecule has 1 aromatic carbocycles. The number of nitrogens with two attached hydrogens (primary N) is 1. The van der Waals surface area contributed by atoms with E-state index in [2.05, 4.69) is 9.97 Å². The van der Waals surface area contributed by atoms with Gasteiger partial charge < -0.3 is 20.1 Å². The number of aromatic nitrogens is 4. The predicted molar refractivity (Wildman–Crippen MR) is 132 cm³/mol. The molecule has 1 amide bonds. The summed E-state index contributed by atoms with van der Waals surface area (Å²) in [7, 11) is 3.11. The number of likely N-dealkylation sites (tertiary alicyclic amines) is 1. The van der Waals surface area contributed by atoms with Crippen molar-refractivity contribution in [2.75, 3.05) is 33.0 Å². The SMILES string of the molecule is CC=CC(=O)CC(C(=O)N1CCCCC1)n1nc(-c2ccc(OC)c(OC)c2)c2c(N)ncnc21. The molecule has 1 aliphatic heterocycles. The van der Waals surface area contributed by atoms with Crippen molar-refractivity contribution in [3.8, 4) is 22.8 Å². The van der Waals surface area contributed by atoms with Crippen LogP contribution in [0.5, 0.6) is 11.5 Å². The van der Waals surface area contributed by atoms with E-state index in [1.807, 2.05) is 11.0 Å². The number of carbonyl (C=O) groups is 2. The third-order valence-electron chi connectivity index (χ3n) is 6.17. The summed E-state index contributed by atoms with van der Waals surface area (Å²) in [6, 6.07) is 4.52. The number of rotatable bonds is 8. The summed E-state index contributed by atoms with van der Waals surface area (Å²) in [6.45, 7) is 3.09. The van der Waals surface area contributed by atoms with Gasteiger partial charge in [-0.15, -0.1) is 0 Å². The number of ketones is 1. The Labute approximate surface area is 203 Å². The van der Waals surface area contributed by atoms with Gasteiger partial charge in [-0.25, -0.2) is 14.6 Å². The first-order valence-corrected chi connectivity index (χ1v) is 11.6. The number of methoxy groups -OCH3 is 2. The van der Waals surface area contributed by atoms with Crippen molar-refractivity contribution in [3.05, 3.63) is 36.7 Å². The maximum atomic E-state index is 13.7. The highest BCUT2D eigenvalue weighted by molar-refractivity contribution is 6.00. The molecule has 0 aliphatic carbocycles. The van der Waals surface area contributed by atoms with Gasteiger partial charge in [0.2, 0.25) is 5.91 Å². The van der Waals surface area contributed by atoms with Crippen LogP contribution in [0.15, 0.2) is 36.7 Å². The molecule has 1 aliphatic rings. The molecule has 3 heterocycles. The van der Waals surface area contributed by atoms with Crippen molar-refractivity contribution in [2.24, 2.45) is 0 Å². The maximum absolute atomic E-state index is 13.7. The molecule has 0 radical (unpaired) electrons. The van der Waals surface area contributed by atoms with Crippen molar-refractivity contribution >= 4 is 28.5 Å². The zero-order valence-electron chi connectivity index (χ0n) is 20.2. The predicted octanol–water partition coefficient (Wildman–Crippen LogP) is 3.18. The molecule has 3 aromatic rings. The minimum Gasteiger partial charge on any atom is -0.493 e. The lowest BCUT2D eigenvalue weighted by Crippen LogP contribution is -2.41. The van der Waals surface area contributed by atoms with Gasteiger partial charge in [-0.3, -0.25) is 9.59 Å². The molecule has 0 saturated carbocycles. The summed E-state index contributed by atoms with van der Waals surface area (Å²) in [6.07, 6.45) is 7.41. The van der Waals surface area contributed by atoms with Gasteiger partial charge in [0, 0.05) is 25.1 Å². The molecule has 10 nitrogen and oxygen atoms in total. The van der Waals surface area contributed by atoms with Crippen molar-refractivity contribution in [1.82, 2.24) is 24.6 Å². The Morgan fingerprint density at radius 3 is 2.54 bits per heavy atom. The van der Waals surface area contributed by atoms with Crippen molar-refractivity contribution in [1.29, 1.82) is 0 Å². The summed E-state index contributed by atoms with van der Waals surface area (Å²) in [5, 5.41) is 5.30. The number of carbonyl (C=O) groups excluding carboxylic acids is 2. The van der Waals surface area contributed by atoms with E-state index in [1.54, 1.807) is 39.4 Å². The fourth-order valence-electron chi connectivity index (χ4n) is 4.45. The number of piperidine rings is 1. The smallest absolute Gasteiger partial charge is 0.248 e. The first-order chi connectivity index (χ1) is 17.0. The number of benzene rings is 1. The monoisotopic (exact) mass is 478 g/mol. The highest BCUT2D eigenvalue weighted by atomic mass is 16.5. The number of allylic oxidation sites excluding steroid dienone is 2. The number of nitrogens with zero attached hydrogens (tertiary/aromatic N) is 5. The first-order valence-electron chi connectivity index (χ1n) is 11.6. The van der Waals surface area contributed by atoms with Crippen molar-refractivity contribution in [3.63, 3.8) is 0 Å². The number of amides is 1. The van der Waals surface area contributed by atoms with Crippen LogP contribution < -0.4 is 15.2 Å². The standard InChI is InChI=1S/C25H30N6O4/c1-4-8-17(32)14-18(25(33)30-11-6-5-7-12-30)31-24-21(23(26)27-15-28-24)22(29-31)16-9-10-19(34-2)20(13-16)35-3/h4,8-10,13,15,18H,5-7,11-12,14H2,1-3H3,(H2,26,27,28). The quantitative estimate of drug-likeness (QED) is 0.489. The number of hydrogen-bond acceptors (Lipinski definition) is 8. The Kier molecular flexibility index (Phi) is 7.28. The number of hydrogen-bond donors (Lipinski definition) is 1. The second kappa shape index (κ2) is 10.5. The minimum absolute atomic E-state index is 0.0360. The summed E-state index contributed by atoms with van der Waals surface area (Å²) in [4.78, 5) is 36.7. The van der Waals surface area contributed by atoms with Gasteiger partial charge in [0.05, 0.1) is 19.6 Å². The molecule has 1 unspecified atom stereocenters. The third-order valence-corrected chi connectivity index (χ3v) is 6.17. The molecule has 184 valence electrons. The maximum Gasteiger partial charge on any atom is 0.248 e. The van der Waals surface area contributed by atoms with Crippen LogP contribution in [0.4, 0.5) is 5.82 Å². The zero-order valence-corrected chi connectivity index (χ0v) is 20.2. The third kappa shape index (κ3) is 4.82. The summed E-state index contributed by atoms with van der Waals surface area (Å²) in [5.41, 5.74) is 7.85. The molecule has 35 heavy (non-hydrogen) atoms. The number of nitrogen functional groups attached to an aromatic ring is 1. The Morgan fingerprint density at radius 2 is 1.86 bits per heavy atom. The normalized spacial score (nSPS) is 14.9. The lowest BCUT2D eigenvalue weighted by atomic mass is 10.1. The first kappa shape index (κ1) is 24.2. The van der Waals surface area contributed by atoms with Gasteiger partial charge in [0.15, 0.2) is 22.9 Å². The zero-order chi connectivity index (χ0) is 24.9. The molecule has 1 saturated heterocycles. The van der Waals surface area contributed by atoms with E-state index in [9.17, 15) is 9.59 Å². The van der Waals surface area contributed by atoms with Crippen LogP contribution in [-0.4, -0.2) is 63.6 Å². The van der Waals surface area contributed by atoms with Crippen LogP contribution in [0.2, 0.25) is 0 Å². The van der Waals surface area contributed by atoms with E-state index in [1.165, 1.54) is 17.1 Å². The van der Waals surface area contributed by atoms with Gasteiger partial charge >= 0.3 is 0 Å². The van der Waals surface area contributed by atoms with E-state index in [0.29, 0.717) is 46.9 Å². The molecule has 2 aromatic heterocycles. The summed E-state index contributed by atoms with van der Waals surface area (Å²) < 4.78 is 12.3. The van der Waals surface area contributed by atoms with E-state index >= 15 is 0 Å². The highest BCUT2D eigenvalue weighted by Crippen LogP contribution is 2.37. The Hall–Kier alpha value is -3.95. The van der Waals surface area contributed by atoms with Crippen LogP contribution in [0.1, 0.15) is 38.6 Å². The molecule has 0 bridgehead atoms. The van der Waals surface area contributed by atoms with Gasteiger partial charge in [-0.05, 0) is 50.5 Å².